The van der Waals surface area contributed by atoms with Crippen molar-refractivity contribution in [2.75, 3.05) is 0 Å². The number of nitrogens with one attached hydrogen (secondary N) is 3. The topological polar surface area (TPSA) is 103 Å². The highest BCUT2D eigenvalue weighted by molar-refractivity contribution is 5.74. The van der Waals surface area contributed by atoms with E-state index in [4.69, 9.17) is 0 Å². The number of carbonyl (C=O) groups is 1. The number of rotatable bonds is 4. The summed E-state index contributed by atoms with van der Waals surface area (Å²) in [7, 11) is 0. The van der Waals surface area contributed by atoms with Crippen LogP contribution in [-0.4, -0.2) is 32.4 Å². The van der Waals surface area contributed by atoms with Crippen LogP contribution in [-0.2, 0) is 6.54 Å². The zero-order valence-corrected chi connectivity index (χ0v) is 11.6. The number of H-pyrrole nitrogens is 1. The number of aliphatic hydroxyl groups is 1. The molecule has 0 aliphatic heterocycles. The van der Waals surface area contributed by atoms with Crippen LogP contribution in [0.15, 0.2) is 0 Å². The number of nitrogens with zero attached hydrogens (tertiary/aromatic N) is 2. The lowest BCUT2D eigenvalue weighted by molar-refractivity contribution is 0.189. The van der Waals surface area contributed by atoms with E-state index in [1.807, 2.05) is 0 Å². The SMILES string of the molecule is C[C@@H](O)c1n[nH]c(CNC(=O)NC2CCCC23CC3)n1. The van der Waals surface area contributed by atoms with Crippen LogP contribution in [0.4, 0.5) is 4.79 Å². The van der Waals surface area contributed by atoms with Crippen molar-refractivity contribution in [3.8, 4) is 0 Å². The monoisotopic (exact) mass is 279 g/mol. The Morgan fingerprint density at radius 2 is 2.35 bits per heavy atom. The Morgan fingerprint density at radius 1 is 1.55 bits per heavy atom. The maximum atomic E-state index is 11.9. The van der Waals surface area contributed by atoms with Gasteiger partial charge in [0.05, 0.1) is 6.54 Å². The van der Waals surface area contributed by atoms with E-state index in [9.17, 15) is 9.90 Å². The third-order valence-corrected chi connectivity index (χ3v) is 4.44. The Morgan fingerprint density at radius 3 is 3.00 bits per heavy atom. The molecule has 3 rings (SSSR count). The smallest absolute Gasteiger partial charge is 0.315 e. The molecule has 4 N–H and O–H groups in total. The summed E-state index contributed by atoms with van der Waals surface area (Å²) in [5.41, 5.74) is 0.406. The van der Waals surface area contributed by atoms with Crippen LogP contribution in [0.2, 0.25) is 0 Å². The van der Waals surface area contributed by atoms with Gasteiger partial charge in [0.15, 0.2) is 5.82 Å². The molecule has 7 heteroatoms. The lowest BCUT2D eigenvalue weighted by Gasteiger charge is -2.20. The summed E-state index contributed by atoms with van der Waals surface area (Å²) in [5.74, 6) is 0.888. The number of aromatic nitrogens is 3. The Bertz CT molecular complexity index is 495. The minimum atomic E-state index is -0.706. The molecular weight excluding hydrogens is 258 g/mol. The first-order chi connectivity index (χ1) is 9.59. The molecule has 2 aliphatic carbocycles. The van der Waals surface area contributed by atoms with Crippen molar-refractivity contribution < 1.29 is 9.90 Å². The van der Waals surface area contributed by atoms with Crippen LogP contribution < -0.4 is 10.6 Å². The van der Waals surface area contributed by atoms with E-state index in [-0.39, 0.29) is 12.6 Å². The van der Waals surface area contributed by atoms with Gasteiger partial charge in [0.1, 0.15) is 11.9 Å². The summed E-state index contributed by atoms with van der Waals surface area (Å²) < 4.78 is 0. The van der Waals surface area contributed by atoms with Gasteiger partial charge in [-0.3, -0.25) is 5.10 Å². The Balaban J connectivity index is 1.47. The molecule has 2 amide bonds. The highest BCUT2D eigenvalue weighted by Gasteiger charge is 2.52. The summed E-state index contributed by atoms with van der Waals surface area (Å²) in [4.78, 5) is 16.0. The van der Waals surface area contributed by atoms with Crippen molar-refractivity contribution in [2.45, 2.75) is 57.7 Å². The minimum Gasteiger partial charge on any atom is -0.385 e. The zero-order valence-electron chi connectivity index (χ0n) is 11.6. The molecule has 2 atom stereocenters. The summed E-state index contributed by atoms with van der Waals surface area (Å²) >= 11 is 0. The van der Waals surface area contributed by atoms with Crippen molar-refractivity contribution >= 4 is 6.03 Å². The first kappa shape index (κ1) is 13.4. The van der Waals surface area contributed by atoms with Crippen molar-refractivity contribution in [1.29, 1.82) is 0 Å². The van der Waals surface area contributed by atoms with Gasteiger partial charge < -0.3 is 15.7 Å². The molecule has 110 valence electrons. The molecule has 1 unspecified atom stereocenters. The summed E-state index contributed by atoms with van der Waals surface area (Å²) in [6.45, 7) is 1.88. The Kier molecular flexibility index (Phi) is 3.37. The first-order valence-electron chi connectivity index (χ1n) is 7.23. The number of aromatic amines is 1. The minimum absolute atomic E-state index is 0.154. The highest BCUT2D eigenvalue weighted by Crippen LogP contribution is 2.57. The molecule has 2 saturated carbocycles. The van der Waals surface area contributed by atoms with Gasteiger partial charge in [0.25, 0.3) is 0 Å². The van der Waals surface area contributed by atoms with Crippen molar-refractivity contribution in [1.82, 2.24) is 25.8 Å². The van der Waals surface area contributed by atoms with E-state index in [2.05, 4.69) is 25.8 Å². The largest absolute Gasteiger partial charge is 0.385 e. The first-order valence-corrected chi connectivity index (χ1v) is 7.23. The molecule has 7 nitrogen and oxygen atoms in total. The maximum absolute atomic E-state index is 11.9. The zero-order chi connectivity index (χ0) is 14.2. The summed E-state index contributed by atoms with van der Waals surface area (Å²) in [5, 5.41) is 21.7. The second-order valence-electron chi connectivity index (χ2n) is 5.95. The van der Waals surface area contributed by atoms with E-state index >= 15 is 0 Å². The van der Waals surface area contributed by atoms with Crippen LogP contribution in [0.3, 0.4) is 0 Å². The third kappa shape index (κ3) is 2.63. The predicted octanol–water partition coefficient (Wildman–Crippen LogP) is 0.990. The molecule has 1 aromatic rings. The number of amides is 2. The standard InChI is InChI=1S/C13H21N5O2/c1-8(19)11-16-10(17-18-11)7-14-12(20)15-9-3-2-4-13(9)5-6-13/h8-9,19H,2-7H2,1H3,(H2,14,15,20)(H,16,17,18)/t8-,9?/m1/s1. The molecule has 20 heavy (non-hydrogen) atoms. The summed E-state index contributed by atoms with van der Waals surface area (Å²) in [6.07, 6.45) is 5.34. The fourth-order valence-electron chi connectivity index (χ4n) is 3.07. The average molecular weight is 279 g/mol. The van der Waals surface area contributed by atoms with Gasteiger partial charge in [-0.05, 0) is 38.0 Å². The molecule has 2 fully saturated rings. The maximum Gasteiger partial charge on any atom is 0.315 e. The van der Waals surface area contributed by atoms with E-state index in [0.717, 1.165) is 6.42 Å². The molecule has 0 bridgehead atoms. The number of aliphatic hydroxyl groups excluding tert-OH is 1. The molecule has 0 radical (unpaired) electrons. The van der Waals surface area contributed by atoms with Crippen LogP contribution in [0.25, 0.3) is 0 Å². The number of carbonyl (C=O) groups excluding carboxylic acids is 1. The molecule has 1 aromatic heterocycles. The summed E-state index contributed by atoms with van der Waals surface area (Å²) in [6, 6.07) is 0.170. The van der Waals surface area contributed by atoms with E-state index in [1.54, 1.807) is 6.92 Å². The highest BCUT2D eigenvalue weighted by atomic mass is 16.3. The molecule has 1 heterocycles. The number of hydrogen-bond donors (Lipinski definition) is 4. The third-order valence-electron chi connectivity index (χ3n) is 4.44. The molecule has 1 spiro atoms. The Hall–Kier alpha value is -1.63. The fraction of sp³-hybridized carbons (Fsp3) is 0.769. The number of hydrogen-bond acceptors (Lipinski definition) is 4. The molecule has 0 aromatic carbocycles. The quantitative estimate of drug-likeness (QED) is 0.660. The van der Waals surface area contributed by atoms with Crippen LogP contribution in [0.1, 0.15) is 56.8 Å². The van der Waals surface area contributed by atoms with Gasteiger partial charge >= 0.3 is 6.03 Å². The molecular formula is C13H21N5O2. The van der Waals surface area contributed by atoms with E-state index < -0.39 is 6.10 Å². The van der Waals surface area contributed by atoms with Gasteiger partial charge in [-0.15, -0.1) is 0 Å². The lowest BCUT2D eigenvalue weighted by Crippen LogP contribution is -2.44. The second kappa shape index (κ2) is 5.05. The van der Waals surface area contributed by atoms with Gasteiger partial charge in [-0.25, -0.2) is 9.78 Å². The fourth-order valence-corrected chi connectivity index (χ4v) is 3.07. The van der Waals surface area contributed by atoms with Crippen LogP contribution in [0.5, 0.6) is 0 Å². The van der Waals surface area contributed by atoms with Crippen molar-refractivity contribution in [2.24, 2.45) is 5.41 Å². The normalized spacial score (nSPS) is 24.6. The van der Waals surface area contributed by atoms with E-state index in [1.165, 1.54) is 25.7 Å². The molecule has 2 aliphatic rings. The number of urea groups is 1. The van der Waals surface area contributed by atoms with Gasteiger partial charge in [-0.2, -0.15) is 5.10 Å². The van der Waals surface area contributed by atoms with Gasteiger partial charge in [0.2, 0.25) is 0 Å². The van der Waals surface area contributed by atoms with Crippen LogP contribution >= 0.6 is 0 Å². The second-order valence-corrected chi connectivity index (χ2v) is 5.95. The van der Waals surface area contributed by atoms with Crippen molar-refractivity contribution in [3.05, 3.63) is 11.6 Å². The van der Waals surface area contributed by atoms with Crippen LogP contribution in [0, 0.1) is 5.41 Å². The van der Waals surface area contributed by atoms with E-state index in [0.29, 0.717) is 23.1 Å². The van der Waals surface area contributed by atoms with Crippen molar-refractivity contribution in [3.63, 3.8) is 0 Å². The Labute approximate surface area is 117 Å². The molecule has 0 saturated heterocycles. The average Bonchev–Trinajstić information content (AvgIpc) is 2.85. The predicted molar refractivity (Wildman–Crippen MR) is 71.7 cm³/mol. The van der Waals surface area contributed by atoms with Gasteiger partial charge in [-0.1, -0.05) is 6.42 Å². The lowest BCUT2D eigenvalue weighted by atomic mass is 10.0. The van der Waals surface area contributed by atoms with Gasteiger partial charge in [0, 0.05) is 6.04 Å².